The fraction of sp³-hybridized carbons (Fsp3) is 0.154. The summed E-state index contributed by atoms with van der Waals surface area (Å²) in [5.41, 5.74) is 13.3. The normalized spacial score (nSPS) is 12.1. The zero-order valence-electron chi connectivity index (χ0n) is 10.2. The van der Waals surface area contributed by atoms with Crippen LogP contribution in [-0.2, 0) is 0 Å². The number of amides is 1. The summed E-state index contributed by atoms with van der Waals surface area (Å²) in [5, 5.41) is 16.8. The number of hydrogen-bond acceptors (Lipinski definition) is 5. The Kier molecular flexibility index (Phi) is 4.03. The summed E-state index contributed by atoms with van der Waals surface area (Å²) >= 11 is 1.53. The predicted octanol–water partition coefficient (Wildman–Crippen LogP) is 1.57. The predicted molar refractivity (Wildman–Crippen MR) is 77.1 cm³/mol. The van der Waals surface area contributed by atoms with Crippen molar-refractivity contribution < 1.29 is 9.90 Å². The van der Waals surface area contributed by atoms with E-state index in [1.165, 1.54) is 11.3 Å². The third-order valence-electron chi connectivity index (χ3n) is 2.75. The molecule has 0 bridgehead atoms. The van der Waals surface area contributed by atoms with Crippen molar-refractivity contribution in [2.24, 2.45) is 5.73 Å². The van der Waals surface area contributed by atoms with E-state index in [2.05, 4.69) is 5.32 Å². The van der Waals surface area contributed by atoms with E-state index >= 15 is 0 Å². The summed E-state index contributed by atoms with van der Waals surface area (Å²) in [6, 6.07) is 6.62. The molecule has 0 spiro atoms. The van der Waals surface area contributed by atoms with Gasteiger partial charge in [0.25, 0.3) is 0 Å². The number of carbonyl (C=O) groups excluding carboxylic acids is 1. The number of aliphatic hydroxyl groups excluding tert-OH is 1. The monoisotopic (exact) mass is 277 g/mol. The van der Waals surface area contributed by atoms with Gasteiger partial charge >= 0.3 is 0 Å². The number of rotatable bonds is 5. The quantitative estimate of drug-likeness (QED) is 0.623. The maximum atomic E-state index is 11.1. The molecule has 6 heteroatoms. The van der Waals surface area contributed by atoms with Gasteiger partial charge in [0.2, 0.25) is 5.91 Å². The molecular weight excluding hydrogens is 262 g/mol. The lowest BCUT2D eigenvalue weighted by Crippen LogP contribution is -2.15. The number of aliphatic hydroxyl groups is 1. The number of nitrogens with one attached hydrogen (secondary N) is 1. The van der Waals surface area contributed by atoms with Gasteiger partial charge in [-0.05, 0) is 40.6 Å². The van der Waals surface area contributed by atoms with Crippen molar-refractivity contribution in [3.8, 4) is 0 Å². The molecule has 0 saturated carbocycles. The van der Waals surface area contributed by atoms with Crippen LogP contribution in [-0.4, -0.2) is 17.6 Å². The second-order valence-electron chi connectivity index (χ2n) is 4.12. The Balaban J connectivity index is 2.06. The first-order valence-corrected chi connectivity index (χ1v) is 6.65. The van der Waals surface area contributed by atoms with Crippen LogP contribution in [0.3, 0.4) is 0 Å². The van der Waals surface area contributed by atoms with Gasteiger partial charge in [0, 0.05) is 12.1 Å². The summed E-state index contributed by atoms with van der Waals surface area (Å²) in [6.07, 6.45) is -0.622. The topological polar surface area (TPSA) is 101 Å². The number of thiophene rings is 1. The summed E-state index contributed by atoms with van der Waals surface area (Å²) < 4.78 is 0. The fourth-order valence-electron chi connectivity index (χ4n) is 1.65. The van der Waals surface area contributed by atoms with E-state index in [0.29, 0.717) is 23.5 Å². The molecule has 1 aromatic heterocycles. The van der Waals surface area contributed by atoms with Crippen LogP contribution in [0.15, 0.2) is 35.0 Å². The molecule has 100 valence electrons. The molecule has 1 atom stereocenters. The maximum Gasteiger partial charge on any atom is 0.248 e. The standard InChI is InChI=1S/C13H15N3O2S/c14-10-2-1-8(13(15)18)5-11(10)16-6-12(17)9-3-4-19-7-9/h1-5,7,12,16-17H,6,14H2,(H2,15,18). The second-order valence-corrected chi connectivity index (χ2v) is 4.90. The Hall–Kier alpha value is -2.05. The minimum atomic E-state index is -0.622. The maximum absolute atomic E-state index is 11.1. The van der Waals surface area contributed by atoms with Crippen molar-refractivity contribution in [1.29, 1.82) is 0 Å². The van der Waals surface area contributed by atoms with E-state index < -0.39 is 12.0 Å². The lowest BCUT2D eigenvalue weighted by Gasteiger charge is -2.14. The molecule has 6 N–H and O–H groups in total. The van der Waals surface area contributed by atoms with Gasteiger partial charge in [-0.15, -0.1) is 0 Å². The number of nitrogens with two attached hydrogens (primary N) is 2. The van der Waals surface area contributed by atoms with Gasteiger partial charge in [0.1, 0.15) is 0 Å². The van der Waals surface area contributed by atoms with Crippen molar-refractivity contribution in [3.05, 3.63) is 46.2 Å². The number of hydrogen-bond donors (Lipinski definition) is 4. The van der Waals surface area contributed by atoms with Crippen LogP contribution in [0.5, 0.6) is 0 Å². The Bertz CT molecular complexity index is 569. The molecule has 0 aliphatic rings. The molecule has 1 unspecified atom stereocenters. The zero-order valence-corrected chi connectivity index (χ0v) is 11.0. The lowest BCUT2D eigenvalue weighted by atomic mass is 10.1. The van der Waals surface area contributed by atoms with E-state index in [1.807, 2.05) is 16.8 Å². The largest absolute Gasteiger partial charge is 0.397 e. The molecule has 0 aliphatic carbocycles. The summed E-state index contributed by atoms with van der Waals surface area (Å²) in [7, 11) is 0. The van der Waals surface area contributed by atoms with Crippen LogP contribution in [0.1, 0.15) is 22.0 Å². The minimum Gasteiger partial charge on any atom is -0.397 e. The first kappa shape index (κ1) is 13.4. The van der Waals surface area contributed by atoms with Gasteiger partial charge in [-0.3, -0.25) is 4.79 Å². The smallest absolute Gasteiger partial charge is 0.248 e. The minimum absolute atomic E-state index is 0.309. The Morgan fingerprint density at radius 3 is 2.84 bits per heavy atom. The molecule has 0 fully saturated rings. The van der Waals surface area contributed by atoms with Gasteiger partial charge in [0.05, 0.1) is 17.5 Å². The Morgan fingerprint density at radius 1 is 1.42 bits per heavy atom. The first-order valence-electron chi connectivity index (χ1n) is 5.71. The highest BCUT2D eigenvalue weighted by Crippen LogP contribution is 2.22. The van der Waals surface area contributed by atoms with Crippen LogP contribution in [0.4, 0.5) is 11.4 Å². The molecule has 1 heterocycles. The average Bonchev–Trinajstić information content (AvgIpc) is 2.91. The van der Waals surface area contributed by atoms with Crippen LogP contribution < -0.4 is 16.8 Å². The molecule has 2 rings (SSSR count). The van der Waals surface area contributed by atoms with Crippen molar-refractivity contribution >= 4 is 28.6 Å². The lowest BCUT2D eigenvalue weighted by molar-refractivity contribution is 0.100. The van der Waals surface area contributed by atoms with E-state index in [0.717, 1.165) is 5.56 Å². The second kappa shape index (κ2) is 5.73. The third-order valence-corrected chi connectivity index (χ3v) is 3.45. The molecule has 0 saturated heterocycles. The molecule has 5 nitrogen and oxygen atoms in total. The van der Waals surface area contributed by atoms with Crippen molar-refractivity contribution in [2.75, 3.05) is 17.6 Å². The molecule has 19 heavy (non-hydrogen) atoms. The zero-order chi connectivity index (χ0) is 13.8. The van der Waals surface area contributed by atoms with Crippen molar-refractivity contribution in [1.82, 2.24) is 0 Å². The van der Waals surface area contributed by atoms with E-state index in [4.69, 9.17) is 11.5 Å². The van der Waals surface area contributed by atoms with Crippen LogP contribution in [0.25, 0.3) is 0 Å². The molecular formula is C13H15N3O2S. The van der Waals surface area contributed by atoms with Gasteiger partial charge in [-0.2, -0.15) is 11.3 Å². The number of nitrogen functional groups attached to an aromatic ring is 1. The molecule has 0 radical (unpaired) electrons. The highest BCUT2D eigenvalue weighted by Gasteiger charge is 2.10. The first-order chi connectivity index (χ1) is 9.08. The number of carbonyl (C=O) groups is 1. The van der Waals surface area contributed by atoms with E-state index in [1.54, 1.807) is 18.2 Å². The van der Waals surface area contributed by atoms with Crippen molar-refractivity contribution in [2.45, 2.75) is 6.10 Å². The van der Waals surface area contributed by atoms with Crippen molar-refractivity contribution in [3.63, 3.8) is 0 Å². The number of benzene rings is 1. The van der Waals surface area contributed by atoms with E-state index in [-0.39, 0.29) is 0 Å². The molecule has 1 aromatic carbocycles. The summed E-state index contributed by atoms with van der Waals surface area (Å²) in [5.74, 6) is -0.513. The van der Waals surface area contributed by atoms with Crippen LogP contribution in [0.2, 0.25) is 0 Å². The van der Waals surface area contributed by atoms with Crippen LogP contribution in [0, 0.1) is 0 Å². The van der Waals surface area contributed by atoms with Gasteiger partial charge in [-0.25, -0.2) is 0 Å². The van der Waals surface area contributed by atoms with Gasteiger partial charge in [0.15, 0.2) is 0 Å². The number of primary amides is 1. The summed E-state index contributed by atoms with van der Waals surface area (Å²) in [4.78, 5) is 11.1. The Morgan fingerprint density at radius 2 is 2.21 bits per heavy atom. The van der Waals surface area contributed by atoms with Crippen LogP contribution >= 0.6 is 11.3 Å². The summed E-state index contributed by atoms with van der Waals surface area (Å²) in [6.45, 7) is 0.309. The molecule has 2 aromatic rings. The fourth-order valence-corrected chi connectivity index (χ4v) is 2.36. The number of anilines is 2. The molecule has 1 amide bonds. The highest BCUT2D eigenvalue weighted by atomic mass is 32.1. The highest BCUT2D eigenvalue weighted by molar-refractivity contribution is 7.07. The third kappa shape index (κ3) is 3.24. The average molecular weight is 277 g/mol. The Labute approximate surface area is 114 Å². The van der Waals surface area contributed by atoms with Gasteiger partial charge < -0.3 is 21.9 Å². The van der Waals surface area contributed by atoms with Gasteiger partial charge in [-0.1, -0.05) is 0 Å². The van der Waals surface area contributed by atoms with E-state index in [9.17, 15) is 9.90 Å². The SMILES string of the molecule is NC(=O)c1ccc(N)c(NCC(O)c2ccsc2)c1. The molecule has 0 aliphatic heterocycles.